The first kappa shape index (κ1) is 11.5. The van der Waals surface area contributed by atoms with Gasteiger partial charge in [0.1, 0.15) is 11.1 Å². The molecule has 0 aromatic heterocycles. The maximum absolute atomic E-state index is 11.6. The molecule has 1 aliphatic carbocycles. The molecule has 1 aromatic rings. The molecule has 1 saturated carbocycles. The number of alkyl halides is 1. The van der Waals surface area contributed by atoms with E-state index >= 15 is 0 Å². The van der Waals surface area contributed by atoms with Gasteiger partial charge in [0, 0.05) is 5.41 Å². The van der Waals surface area contributed by atoms with Gasteiger partial charge in [0.25, 0.3) is 0 Å². The third-order valence-electron chi connectivity index (χ3n) is 3.11. The van der Waals surface area contributed by atoms with Gasteiger partial charge >= 0.3 is 0 Å². The second-order valence-electron chi connectivity index (χ2n) is 4.90. The molecule has 86 valence electrons. The standard InChI is InChI=1S/C13H15ClO2/c1-8-4-6-9(7-5-8)16-12-10(15)11(14)13(12,2)3/h4-7,11-12H,1-3H3. The van der Waals surface area contributed by atoms with Crippen LogP contribution in [-0.4, -0.2) is 17.3 Å². The highest BCUT2D eigenvalue weighted by Gasteiger charge is 2.57. The van der Waals surface area contributed by atoms with E-state index in [1.54, 1.807) is 0 Å². The summed E-state index contributed by atoms with van der Waals surface area (Å²) in [5, 5.41) is -0.428. The Balaban J connectivity index is 2.11. The van der Waals surface area contributed by atoms with Crippen LogP contribution < -0.4 is 4.74 Å². The van der Waals surface area contributed by atoms with E-state index in [0.29, 0.717) is 0 Å². The summed E-state index contributed by atoms with van der Waals surface area (Å²) in [6.07, 6.45) is -0.419. The van der Waals surface area contributed by atoms with Crippen LogP contribution in [0.1, 0.15) is 19.4 Å². The molecule has 2 atom stereocenters. The van der Waals surface area contributed by atoms with Crippen molar-refractivity contribution in [3.8, 4) is 5.75 Å². The van der Waals surface area contributed by atoms with E-state index in [-0.39, 0.29) is 11.2 Å². The minimum Gasteiger partial charge on any atom is -0.482 e. The number of ketones is 1. The number of ether oxygens (including phenoxy) is 1. The zero-order valence-electron chi connectivity index (χ0n) is 9.66. The van der Waals surface area contributed by atoms with Gasteiger partial charge in [0.05, 0.1) is 0 Å². The maximum Gasteiger partial charge on any atom is 0.192 e. The van der Waals surface area contributed by atoms with Gasteiger partial charge in [-0.2, -0.15) is 0 Å². The number of Topliss-reactive ketones (excluding diaryl/α,β-unsaturated/α-hetero) is 1. The van der Waals surface area contributed by atoms with E-state index < -0.39 is 11.5 Å². The molecule has 0 amide bonds. The predicted octanol–water partition coefficient (Wildman–Crippen LogP) is 2.96. The Morgan fingerprint density at radius 3 is 2.31 bits per heavy atom. The highest BCUT2D eigenvalue weighted by molar-refractivity contribution is 6.35. The molecular weight excluding hydrogens is 224 g/mol. The summed E-state index contributed by atoms with van der Waals surface area (Å²) in [6.45, 7) is 5.91. The lowest BCUT2D eigenvalue weighted by atomic mass is 9.67. The summed E-state index contributed by atoms with van der Waals surface area (Å²) in [5.41, 5.74) is 0.880. The molecule has 0 heterocycles. The van der Waals surface area contributed by atoms with E-state index in [4.69, 9.17) is 16.3 Å². The molecule has 2 nitrogen and oxygen atoms in total. The van der Waals surface area contributed by atoms with Crippen LogP contribution in [0.5, 0.6) is 5.75 Å². The maximum atomic E-state index is 11.6. The Kier molecular flexibility index (Phi) is 2.70. The van der Waals surface area contributed by atoms with E-state index in [9.17, 15) is 4.79 Å². The first-order valence-corrected chi connectivity index (χ1v) is 5.77. The molecule has 2 rings (SSSR count). The van der Waals surface area contributed by atoms with Crippen LogP contribution in [0, 0.1) is 12.3 Å². The van der Waals surface area contributed by atoms with Gasteiger partial charge in [-0.05, 0) is 19.1 Å². The average molecular weight is 239 g/mol. The molecule has 16 heavy (non-hydrogen) atoms. The van der Waals surface area contributed by atoms with Crippen LogP contribution in [0.3, 0.4) is 0 Å². The molecule has 1 fully saturated rings. The third kappa shape index (κ3) is 1.71. The molecule has 0 bridgehead atoms. The van der Waals surface area contributed by atoms with Gasteiger partial charge in [-0.25, -0.2) is 0 Å². The van der Waals surface area contributed by atoms with Gasteiger partial charge in [-0.1, -0.05) is 31.5 Å². The fraction of sp³-hybridized carbons (Fsp3) is 0.462. The van der Waals surface area contributed by atoms with Crippen LogP contribution in [0.25, 0.3) is 0 Å². The summed E-state index contributed by atoms with van der Waals surface area (Å²) < 4.78 is 5.67. The van der Waals surface area contributed by atoms with Gasteiger partial charge in [-0.3, -0.25) is 4.79 Å². The van der Waals surface area contributed by atoms with Crippen LogP contribution >= 0.6 is 11.6 Å². The SMILES string of the molecule is Cc1ccc(OC2C(=O)C(Cl)C2(C)C)cc1. The third-order valence-corrected chi connectivity index (χ3v) is 3.89. The molecule has 0 N–H and O–H groups in total. The topological polar surface area (TPSA) is 26.3 Å². The monoisotopic (exact) mass is 238 g/mol. The smallest absolute Gasteiger partial charge is 0.192 e. The molecule has 2 unspecified atom stereocenters. The van der Waals surface area contributed by atoms with E-state index in [0.717, 1.165) is 5.75 Å². The fourth-order valence-electron chi connectivity index (χ4n) is 1.87. The molecule has 3 heteroatoms. The van der Waals surface area contributed by atoms with Crippen LogP contribution in [0.4, 0.5) is 0 Å². The zero-order chi connectivity index (χ0) is 11.9. The number of rotatable bonds is 2. The summed E-state index contributed by atoms with van der Waals surface area (Å²) in [4.78, 5) is 11.6. The minimum absolute atomic E-state index is 0.0211. The van der Waals surface area contributed by atoms with Crippen molar-refractivity contribution < 1.29 is 9.53 Å². The van der Waals surface area contributed by atoms with Crippen molar-refractivity contribution in [3.05, 3.63) is 29.8 Å². The fourth-order valence-corrected chi connectivity index (χ4v) is 2.09. The normalized spacial score (nSPS) is 27.4. The van der Waals surface area contributed by atoms with Crippen LogP contribution in [0.2, 0.25) is 0 Å². The molecule has 0 saturated heterocycles. The number of halogens is 1. The average Bonchev–Trinajstić information content (AvgIpc) is 2.26. The summed E-state index contributed by atoms with van der Waals surface area (Å²) in [7, 11) is 0. The summed E-state index contributed by atoms with van der Waals surface area (Å²) in [6, 6.07) is 7.67. The van der Waals surface area contributed by atoms with Gasteiger partial charge in [-0.15, -0.1) is 11.6 Å². The van der Waals surface area contributed by atoms with E-state index in [2.05, 4.69) is 0 Å². The van der Waals surface area contributed by atoms with Gasteiger partial charge in [0.15, 0.2) is 11.9 Å². The number of hydrogen-bond acceptors (Lipinski definition) is 2. The number of hydrogen-bond donors (Lipinski definition) is 0. The molecule has 1 aromatic carbocycles. The quantitative estimate of drug-likeness (QED) is 0.741. The summed E-state index contributed by atoms with van der Waals surface area (Å²) in [5.74, 6) is 0.702. The molecule has 0 radical (unpaired) electrons. The van der Waals surface area contributed by atoms with Crippen LogP contribution in [0.15, 0.2) is 24.3 Å². The van der Waals surface area contributed by atoms with Crippen molar-refractivity contribution in [1.82, 2.24) is 0 Å². The van der Waals surface area contributed by atoms with Crippen molar-refractivity contribution in [2.24, 2.45) is 5.41 Å². The summed E-state index contributed by atoms with van der Waals surface area (Å²) >= 11 is 5.95. The lowest BCUT2D eigenvalue weighted by molar-refractivity contribution is -0.146. The second-order valence-corrected chi connectivity index (χ2v) is 5.33. The van der Waals surface area contributed by atoms with Crippen LogP contribution in [-0.2, 0) is 4.79 Å². The number of benzene rings is 1. The molecular formula is C13H15ClO2. The van der Waals surface area contributed by atoms with E-state index in [1.807, 2.05) is 45.0 Å². The van der Waals surface area contributed by atoms with Crippen molar-refractivity contribution in [3.63, 3.8) is 0 Å². The predicted molar refractivity (Wildman–Crippen MR) is 64.0 cm³/mol. The minimum atomic E-state index is -0.428. The lowest BCUT2D eigenvalue weighted by Crippen LogP contribution is -2.62. The first-order valence-electron chi connectivity index (χ1n) is 5.34. The number of aryl methyl sites for hydroxylation is 1. The second kappa shape index (κ2) is 3.77. The van der Waals surface area contributed by atoms with Gasteiger partial charge in [0.2, 0.25) is 0 Å². The Morgan fingerprint density at radius 2 is 1.81 bits per heavy atom. The van der Waals surface area contributed by atoms with Gasteiger partial charge < -0.3 is 4.74 Å². The zero-order valence-corrected chi connectivity index (χ0v) is 10.4. The van der Waals surface area contributed by atoms with Crippen molar-refractivity contribution in [1.29, 1.82) is 0 Å². The first-order chi connectivity index (χ1) is 7.43. The molecule has 0 spiro atoms. The largest absolute Gasteiger partial charge is 0.482 e. The highest BCUT2D eigenvalue weighted by Crippen LogP contribution is 2.43. The molecule has 1 aliphatic rings. The number of carbonyl (C=O) groups is 1. The Morgan fingerprint density at radius 1 is 1.25 bits per heavy atom. The number of carbonyl (C=O) groups excluding carboxylic acids is 1. The Bertz CT molecular complexity index is 408. The molecule has 0 aliphatic heterocycles. The Hall–Kier alpha value is -1.02. The van der Waals surface area contributed by atoms with E-state index in [1.165, 1.54) is 5.56 Å². The van der Waals surface area contributed by atoms with Crippen molar-refractivity contribution in [2.45, 2.75) is 32.3 Å². The van der Waals surface area contributed by atoms with Crippen molar-refractivity contribution >= 4 is 17.4 Å². The highest BCUT2D eigenvalue weighted by atomic mass is 35.5. The Labute approximate surface area is 101 Å². The van der Waals surface area contributed by atoms with Crippen molar-refractivity contribution in [2.75, 3.05) is 0 Å². The lowest BCUT2D eigenvalue weighted by Gasteiger charge is -2.46.